The maximum atomic E-state index is 6.03. The van der Waals surface area contributed by atoms with Crippen LogP contribution in [0.2, 0.25) is 0 Å². The van der Waals surface area contributed by atoms with E-state index in [1.54, 1.807) is 7.11 Å². The maximum absolute atomic E-state index is 6.03. The Bertz CT molecular complexity index is 392. The fraction of sp³-hybridized carbons (Fsp3) is 0.600. The number of ether oxygens (including phenoxy) is 1. The summed E-state index contributed by atoms with van der Waals surface area (Å²) in [5.74, 6) is 1.56. The predicted molar refractivity (Wildman–Crippen MR) is 77.1 cm³/mol. The zero-order valence-corrected chi connectivity index (χ0v) is 11.4. The molecule has 1 aliphatic rings. The average molecular weight is 248 g/mol. The van der Waals surface area contributed by atoms with E-state index in [9.17, 15) is 0 Å². The van der Waals surface area contributed by atoms with Gasteiger partial charge >= 0.3 is 0 Å². The molecule has 0 bridgehead atoms. The van der Waals surface area contributed by atoms with Gasteiger partial charge in [-0.05, 0) is 30.9 Å². The van der Waals surface area contributed by atoms with E-state index in [2.05, 4.69) is 12.2 Å². The Hall–Kier alpha value is -1.38. The van der Waals surface area contributed by atoms with Crippen molar-refractivity contribution in [2.75, 3.05) is 18.2 Å². The first-order valence-electron chi connectivity index (χ1n) is 6.90. The molecule has 0 saturated heterocycles. The molecule has 0 aliphatic heterocycles. The first-order chi connectivity index (χ1) is 8.70. The molecular weight excluding hydrogens is 224 g/mol. The van der Waals surface area contributed by atoms with Gasteiger partial charge in [0.25, 0.3) is 0 Å². The van der Waals surface area contributed by atoms with Gasteiger partial charge in [-0.15, -0.1) is 0 Å². The quantitative estimate of drug-likeness (QED) is 0.634. The highest BCUT2D eigenvalue weighted by atomic mass is 16.5. The van der Waals surface area contributed by atoms with Crippen LogP contribution in [-0.2, 0) is 0 Å². The first kappa shape index (κ1) is 13.1. The van der Waals surface area contributed by atoms with Gasteiger partial charge < -0.3 is 15.8 Å². The third kappa shape index (κ3) is 3.09. The molecule has 0 amide bonds. The molecule has 1 aromatic carbocycles. The van der Waals surface area contributed by atoms with E-state index in [1.807, 2.05) is 18.2 Å². The second-order valence-corrected chi connectivity index (χ2v) is 5.32. The van der Waals surface area contributed by atoms with Gasteiger partial charge in [-0.2, -0.15) is 0 Å². The van der Waals surface area contributed by atoms with Gasteiger partial charge in [-0.1, -0.05) is 26.2 Å². The van der Waals surface area contributed by atoms with E-state index < -0.39 is 0 Å². The Kier molecular flexibility index (Phi) is 4.34. The summed E-state index contributed by atoms with van der Waals surface area (Å²) in [6.07, 6.45) is 6.56. The van der Waals surface area contributed by atoms with Crippen LogP contribution in [0.3, 0.4) is 0 Å². The first-order valence-corrected chi connectivity index (χ1v) is 6.90. The van der Waals surface area contributed by atoms with Gasteiger partial charge in [-0.25, -0.2) is 0 Å². The Labute approximate surface area is 110 Å². The van der Waals surface area contributed by atoms with Crippen molar-refractivity contribution in [1.29, 1.82) is 0 Å². The molecule has 0 aromatic heterocycles. The highest BCUT2D eigenvalue weighted by Gasteiger charge is 2.20. The Morgan fingerprint density at radius 3 is 2.78 bits per heavy atom. The lowest BCUT2D eigenvalue weighted by molar-refractivity contribution is 0.414. The zero-order valence-electron chi connectivity index (χ0n) is 11.4. The van der Waals surface area contributed by atoms with Crippen LogP contribution in [0.1, 0.15) is 39.0 Å². The molecular formula is C15H24N2O. The summed E-state index contributed by atoms with van der Waals surface area (Å²) in [4.78, 5) is 0. The molecule has 2 atom stereocenters. The van der Waals surface area contributed by atoms with Crippen molar-refractivity contribution in [2.24, 2.45) is 5.92 Å². The summed E-state index contributed by atoms with van der Waals surface area (Å²) in [5.41, 5.74) is 7.83. The molecule has 3 heteroatoms. The van der Waals surface area contributed by atoms with Gasteiger partial charge in [0.2, 0.25) is 0 Å². The van der Waals surface area contributed by atoms with Crippen LogP contribution in [0.4, 0.5) is 11.4 Å². The third-order valence-corrected chi connectivity index (χ3v) is 3.96. The van der Waals surface area contributed by atoms with Gasteiger partial charge in [0, 0.05) is 12.1 Å². The van der Waals surface area contributed by atoms with Crippen LogP contribution in [0.25, 0.3) is 0 Å². The monoisotopic (exact) mass is 248 g/mol. The zero-order chi connectivity index (χ0) is 13.0. The van der Waals surface area contributed by atoms with Gasteiger partial charge in [-0.3, -0.25) is 0 Å². The molecule has 100 valence electrons. The third-order valence-electron chi connectivity index (χ3n) is 3.96. The van der Waals surface area contributed by atoms with Crippen LogP contribution in [0.15, 0.2) is 18.2 Å². The number of nitrogen functional groups attached to an aromatic ring is 1. The lowest BCUT2D eigenvalue weighted by Crippen LogP contribution is -2.26. The number of benzene rings is 1. The smallest absolute Gasteiger partial charge is 0.121 e. The molecule has 2 unspecified atom stereocenters. The molecule has 18 heavy (non-hydrogen) atoms. The summed E-state index contributed by atoms with van der Waals surface area (Å²) in [7, 11) is 1.68. The largest absolute Gasteiger partial charge is 0.497 e. The molecule has 0 heterocycles. The molecule has 1 aliphatic carbocycles. The van der Waals surface area contributed by atoms with Gasteiger partial charge in [0.05, 0.1) is 18.5 Å². The van der Waals surface area contributed by atoms with Crippen LogP contribution in [0.5, 0.6) is 5.75 Å². The lowest BCUT2D eigenvalue weighted by atomic mass is 9.96. The van der Waals surface area contributed by atoms with E-state index in [0.29, 0.717) is 12.0 Å². The number of nitrogens with one attached hydrogen (secondary N) is 1. The Balaban J connectivity index is 2.11. The number of rotatable bonds is 3. The van der Waals surface area contributed by atoms with E-state index in [1.165, 1.54) is 32.1 Å². The topological polar surface area (TPSA) is 47.3 Å². The number of nitrogens with two attached hydrogens (primary N) is 1. The summed E-state index contributed by atoms with van der Waals surface area (Å²) in [5, 5.41) is 3.61. The van der Waals surface area contributed by atoms with E-state index in [0.717, 1.165) is 17.1 Å². The molecule has 2 rings (SSSR count). The highest BCUT2D eigenvalue weighted by Crippen LogP contribution is 2.30. The molecule has 1 aromatic rings. The molecule has 1 saturated carbocycles. The molecule has 1 fully saturated rings. The predicted octanol–water partition coefficient (Wildman–Crippen LogP) is 3.66. The Morgan fingerprint density at radius 2 is 2.00 bits per heavy atom. The summed E-state index contributed by atoms with van der Waals surface area (Å²) >= 11 is 0. The summed E-state index contributed by atoms with van der Waals surface area (Å²) < 4.78 is 5.25. The van der Waals surface area contributed by atoms with Gasteiger partial charge in [0.1, 0.15) is 5.75 Å². The SMILES string of the molecule is COc1ccc(N)c(NC2CCCCCC2C)c1. The van der Waals surface area contributed by atoms with Crippen LogP contribution in [0, 0.1) is 5.92 Å². The van der Waals surface area contributed by atoms with Crippen LogP contribution >= 0.6 is 0 Å². The summed E-state index contributed by atoms with van der Waals surface area (Å²) in [6, 6.07) is 6.33. The maximum Gasteiger partial charge on any atom is 0.121 e. The van der Waals surface area contributed by atoms with Crippen molar-refractivity contribution < 1.29 is 4.74 Å². The fourth-order valence-electron chi connectivity index (χ4n) is 2.69. The molecule has 3 N–H and O–H groups in total. The van der Waals surface area contributed by atoms with Crippen molar-refractivity contribution in [3.63, 3.8) is 0 Å². The van der Waals surface area contributed by atoms with E-state index >= 15 is 0 Å². The molecule has 0 radical (unpaired) electrons. The number of hydrogen-bond donors (Lipinski definition) is 2. The average Bonchev–Trinajstić information content (AvgIpc) is 2.58. The lowest BCUT2D eigenvalue weighted by Gasteiger charge is -2.25. The van der Waals surface area contributed by atoms with Crippen molar-refractivity contribution in [2.45, 2.75) is 45.1 Å². The fourth-order valence-corrected chi connectivity index (χ4v) is 2.69. The molecule has 3 nitrogen and oxygen atoms in total. The normalized spacial score (nSPS) is 24.3. The minimum Gasteiger partial charge on any atom is -0.497 e. The minimum absolute atomic E-state index is 0.530. The second-order valence-electron chi connectivity index (χ2n) is 5.32. The highest BCUT2D eigenvalue weighted by molar-refractivity contribution is 5.68. The number of anilines is 2. The van der Waals surface area contributed by atoms with Crippen LogP contribution in [-0.4, -0.2) is 13.2 Å². The second kappa shape index (κ2) is 5.98. The van der Waals surface area contributed by atoms with Crippen molar-refractivity contribution >= 4 is 11.4 Å². The van der Waals surface area contributed by atoms with E-state index in [4.69, 9.17) is 10.5 Å². The van der Waals surface area contributed by atoms with E-state index in [-0.39, 0.29) is 0 Å². The Morgan fingerprint density at radius 1 is 1.22 bits per heavy atom. The van der Waals surface area contributed by atoms with Crippen LogP contribution < -0.4 is 15.8 Å². The van der Waals surface area contributed by atoms with Crippen molar-refractivity contribution in [3.05, 3.63) is 18.2 Å². The van der Waals surface area contributed by atoms with Crippen molar-refractivity contribution in [3.8, 4) is 5.75 Å². The minimum atomic E-state index is 0.530. The summed E-state index contributed by atoms with van der Waals surface area (Å²) in [6.45, 7) is 2.33. The molecule has 0 spiro atoms. The number of hydrogen-bond acceptors (Lipinski definition) is 3. The standard InChI is InChI=1S/C15H24N2O/c1-11-6-4-3-5-7-14(11)17-15-10-12(18-2)8-9-13(15)16/h8-11,14,17H,3-7,16H2,1-2H3. The van der Waals surface area contributed by atoms with Crippen molar-refractivity contribution in [1.82, 2.24) is 0 Å². The van der Waals surface area contributed by atoms with Gasteiger partial charge in [0.15, 0.2) is 0 Å². The number of methoxy groups -OCH3 is 1.